The monoisotopic (exact) mass is 814 g/mol. The van der Waals surface area contributed by atoms with Gasteiger partial charge in [-0.25, -0.2) is 10.4 Å². The van der Waals surface area contributed by atoms with Crippen LogP contribution in [0.5, 0.6) is 0 Å². The Morgan fingerprint density at radius 3 is 1.29 bits per heavy atom. The first-order valence-corrected chi connectivity index (χ1v) is 30.9. The van der Waals surface area contributed by atoms with E-state index < -0.39 is 24.2 Å². The van der Waals surface area contributed by atoms with Crippen LogP contribution in [0.1, 0.15) is 63.8 Å². The zero-order chi connectivity index (χ0) is 38.9. The van der Waals surface area contributed by atoms with Crippen LogP contribution >= 0.6 is 0 Å². The summed E-state index contributed by atoms with van der Waals surface area (Å²) in [6.45, 7) is 35.9. The summed E-state index contributed by atoms with van der Waals surface area (Å²) < 4.78 is 1.42. The third kappa shape index (κ3) is 10.9. The van der Waals surface area contributed by atoms with Crippen LogP contribution in [-0.2, 0) is 35.1 Å². The van der Waals surface area contributed by atoms with E-state index in [-0.39, 0.29) is 10.8 Å². The Bertz CT molecular complexity index is 1900. The quantitative estimate of drug-likeness (QED) is 0.122. The summed E-state index contributed by atoms with van der Waals surface area (Å²) in [6, 6.07) is 37.3. The van der Waals surface area contributed by atoms with Crippen LogP contribution in [0, 0.1) is 6.08 Å². The number of benzene rings is 4. The SMILES string of the molecule is CC(C)(C)c1ccc2c(c1)[cH-]c1cc(C(C)(C)C)ccc12.C[Si](C)(C)C1=[C-]C([Si](C)(C)C)C=C1[Si](C)(C)C.[Zr+2]=[C](c1ccccc1)c1ccccc1. The van der Waals surface area contributed by atoms with Crippen LogP contribution < -0.4 is 0 Å². The molecule has 1 atom stereocenters. The van der Waals surface area contributed by atoms with E-state index in [0.717, 1.165) is 0 Å². The molecule has 0 saturated heterocycles. The Kier molecular flexibility index (Phi) is 13.2. The maximum absolute atomic E-state index is 3.91. The second-order valence-electron chi connectivity index (χ2n) is 19.8. The number of hydrogen-bond donors (Lipinski definition) is 0. The zero-order valence-electron chi connectivity index (χ0n) is 35.0. The van der Waals surface area contributed by atoms with Gasteiger partial charge in [-0.05, 0) is 18.9 Å². The van der Waals surface area contributed by atoms with Gasteiger partial charge in [-0.15, -0.1) is 45.3 Å². The molecule has 0 aromatic heterocycles. The van der Waals surface area contributed by atoms with E-state index in [1.165, 1.54) is 71.2 Å². The molecular weight excluding hydrogens is 752 g/mol. The first-order chi connectivity index (χ1) is 23.9. The number of fused-ring (bicyclic) bond motifs is 3. The molecular formula is C48H64Si3Zr. The second kappa shape index (κ2) is 16.2. The summed E-state index contributed by atoms with van der Waals surface area (Å²) >= 11 is 1.46. The number of hydrogen-bond acceptors (Lipinski definition) is 0. The molecule has 0 saturated carbocycles. The topological polar surface area (TPSA) is 0 Å². The van der Waals surface area contributed by atoms with Crippen LogP contribution in [0.3, 0.4) is 0 Å². The average molecular weight is 817 g/mol. The fourth-order valence-corrected chi connectivity index (χ4v) is 14.2. The number of rotatable bonds is 5. The van der Waals surface area contributed by atoms with Gasteiger partial charge in [0.2, 0.25) is 0 Å². The van der Waals surface area contributed by atoms with E-state index in [2.05, 4.69) is 216 Å². The predicted molar refractivity (Wildman–Crippen MR) is 239 cm³/mol. The van der Waals surface area contributed by atoms with Crippen molar-refractivity contribution in [3.8, 4) is 0 Å². The maximum atomic E-state index is 3.91. The van der Waals surface area contributed by atoms with Gasteiger partial charge in [0.15, 0.2) is 0 Å². The summed E-state index contributed by atoms with van der Waals surface area (Å²) in [4.78, 5) is 0. The Morgan fingerprint density at radius 1 is 0.577 bits per heavy atom. The fourth-order valence-electron chi connectivity index (χ4n) is 6.57. The molecule has 1 unspecified atom stereocenters. The molecule has 4 heteroatoms. The van der Waals surface area contributed by atoms with Crippen molar-refractivity contribution < 1.29 is 24.2 Å². The van der Waals surface area contributed by atoms with Crippen LogP contribution in [0.15, 0.2) is 120 Å². The average Bonchev–Trinajstić information content (AvgIpc) is 3.68. The molecule has 5 aromatic carbocycles. The second-order valence-corrected chi connectivity index (χ2v) is 36.4. The van der Waals surface area contributed by atoms with Crippen molar-refractivity contribution in [2.75, 3.05) is 0 Å². The summed E-state index contributed by atoms with van der Waals surface area (Å²) in [7, 11) is -3.55. The van der Waals surface area contributed by atoms with E-state index in [1.807, 2.05) is 0 Å². The summed E-state index contributed by atoms with van der Waals surface area (Å²) in [5.74, 6) is 0. The predicted octanol–water partition coefficient (Wildman–Crippen LogP) is 14.2. The van der Waals surface area contributed by atoms with Gasteiger partial charge in [0.1, 0.15) is 0 Å². The third-order valence-corrected chi connectivity index (χ3v) is 17.7. The van der Waals surface area contributed by atoms with Crippen molar-refractivity contribution >= 4 is 49.0 Å². The van der Waals surface area contributed by atoms with Gasteiger partial charge < -0.3 is 0 Å². The van der Waals surface area contributed by atoms with Crippen molar-refractivity contribution in [3.05, 3.63) is 148 Å². The van der Waals surface area contributed by atoms with E-state index in [4.69, 9.17) is 0 Å². The Hall–Kier alpha value is -2.37. The van der Waals surface area contributed by atoms with Gasteiger partial charge in [-0.1, -0.05) is 136 Å². The van der Waals surface area contributed by atoms with Crippen molar-refractivity contribution in [2.24, 2.45) is 0 Å². The standard InChI is InChI=1S/C21H25.C14H29Si3.C13H10.Zr/c1-20(2,3)16-7-9-18-14(12-16)11-15-13-17(21(4,5)6)8-10-19(15)18;1-15(2,3)12-10-13(16(4,5)6)14(11-12)17(7,8)9;1-3-7-12(8-4-1)11-13-9-5-2-6-10-13;/h7-13H,1-6H3;10,12H,1-9H3;1-10H;/q2*-1;;+2. The van der Waals surface area contributed by atoms with E-state index in [9.17, 15) is 0 Å². The first kappa shape index (κ1) is 42.4. The molecule has 0 aliphatic heterocycles. The van der Waals surface area contributed by atoms with E-state index in [1.54, 1.807) is 10.4 Å². The summed E-state index contributed by atoms with van der Waals surface area (Å²) in [5, 5.41) is 8.86. The van der Waals surface area contributed by atoms with E-state index >= 15 is 0 Å². The minimum absolute atomic E-state index is 0.203. The molecule has 0 fully saturated rings. The van der Waals surface area contributed by atoms with Gasteiger partial charge in [-0.3, -0.25) is 6.08 Å². The fraction of sp³-hybridized carbons (Fsp3) is 0.375. The Labute approximate surface area is 335 Å². The van der Waals surface area contributed by atoms with Crippen LogP contribution in [0.4, 0.5) is 0 Å². The minimum atomic E-state index is -1.22. The molecule has 0 spiro atoms. The Morgan fingerprint density at radius 2 is 0.981 bits per heavy atom. The van der Waals surface area contributed by atoms with Crippen molar-refractivity contribution in [2.45, 2.75) is 117 Å². The van der Waals surface area contributed by atoms with Gasteiger partial charge in [-0.2, -0.15) is 6.08 Å². The third-order valence-electron chi connectivity index (χ3n) is 9.95. The molecule has 0 N–H and O–H groups in total. The summed E-state index contributed by atoms with van der Waals surface area (Å²) in [6.07, 6.45) is 6.51. The van der Waals surface area contributed by atoms with E-state index in [0.29, 0.717) is 5.54 Å². The number of allylic oxidation sites excluding steroid dienone is 4. The molecule has 0 nitrogen and oxygen atoms in total. The van der Waals surface area contributed by atoms with Gasteiger partial charge in [0.05, 0.1) is 0 Å². The van der Waals surface area contributed by atoms with Crippen LogP contribution in [-0.4, -0.2) is 27.4 Å². The molecule has 0 heterocycles. The van der Waals surface area contributed by atoms with Crippen LogP contribution in [0.25, 0.3) is 21.5 Å². The molecule has 1 aliphatic rings. The Balaban J connectivity index is 0.000000178. The molecule has 6 rings (SSSR count). The summed E-state index contributed by atoms with van der Waals surface area (Å²) in [5.41, 5.74) is 6.53. The molecule has 0 radical (unpaired) electrons. The molecule has 0 amide bonds. The molecule has 52 heavy (non-hydrogen) atoms. The van der Waals surface area contributed by atoms with Crippen molar-refractivity contribution in [3.63, 3.8) is 0 Å². The zero-order valence-corrected chi connectivity index (χ0v) is 40.4. The molecule has 0 bridgehead atoms. The van der Waals surface area contributed by atoms with Crippen molar-refractivity contribution in [1.29, 1.82) is 0 Å². The van der Waals surface area contributed by atoms with Crippen molar-refractivity contribution in [1.82, 2.24) is 0 Å². The van der Waals surface area contributed by atoms with Crippen LogP contribution in [0.2, 0.25) is 64.5 Å². The van der Waals surface area contributed by atoms with Gasteiger partial charge in [0.25, 0.3) is 0 Å². The first-order valence-electron chi connectivity index (χ1n) is 19.1. The molecule has 5 aromatic rings. The van der Waals surface area contributed by atoms with Gasteiger partial charge in [0, 0.05) is 16.1 Å². The molecule has 1 aliphatic carbocycles. The molecule has 272 valence electrons. The normalized spacial score (nSPS) is 15.4. The van der Waals surface area contributed by atoms with Gasteiger partial charge >= 0.3 is 99.2 Å².